The molecule has 0 aromatic carbocycles. The molecule has 0 aromatic rings. The second-order valence-electron chi connectivity index (χ2n) is 2.53. The molecule has 0 fully saturated rings. The maximum absolute atomic E-state index is 11.1. The molecule has 0 spiro atoms. The quantitative estimate of drug-likeness (QED) is 0.150. The van der Waals surface area contributed by atoms with Gasteiger partial charge in [0.2, 0.25) is 7.98 Å². The van der Waals surface area contributed by atoms with Crippen molar-refractivity contribution in [2.24, 2.45) is 5.73 Å². The molecule has 0 radical (unpaired) electrons. The lowest BCUT2D eigenvalue weighted by Gasteiger charge is -2.10. The van der Waals surface area contributed by atoms with E-state index < -0.39 is 0 Å². The minimum Gasteiger partial charge on any atom is -0.402 e. The summed E-state index contributed by atoms with van der Waals surface area (Å²) in [5.74, 6) is -0.407. The molecule has 0 saturated heterocycles. The number of carbonyl (C=O) groups is 1. The van der Waals surface area contributed by atoms with Crippen molar-refractivity contribution >= 4 is 19.6 Å². The second kappa shape index (κ2) is 2.86. The Kier molecular flexibility index (Phi) is 2.05. The van der Waals surface area contributed by atoms with Gasteiger partial charge in [0, 0.05) is 0 Å². The van der Waals surface area contributed by atoms with Crippen LogP contribution < -0.4 is 11.2 Å². The number of ketones is 1. The van der Waals surface area contributed by atoms with Gasteiger partial charge in [-0.3, -0.25) is 20.9 Å². The maximum Gasteiger partial charge on any atom is 0.219 e. The summed E-state index contributed by atoms with van der Waals surface area (Å²) < 4.78 is 0. The van der Waals surface area contributed by atoms with Crippen molar-refractivity contribution in [2.45, 2.75) is 0 Å². The van der Waals surface area contributed by atoms with E-state index in [0.717, 1.165) is 0 Å². The number of hydrogen-bond donors (Lipinski definition) is 4. The molecule has 7 heteroatoms. The minimum absolute atomic E-state index is 0.0417. The first-order valence-corrected chi connectivity index (χ1v) is 3.31. The van der Waals surface area contributed by atoms with Crippen LogP contribution in [0.3, 0.4) is 0 Å². The SMILES string of the molecule is BN1CC(=O)C(C(=N)NO)=C1N. The van der Waals surface area contributed by atoms with Gasteiger partial charge in [-0.25, -0.2) is 0 Å². The third-order valence-electron chi connectivity index (χ3n) is 1.69. The highest BCUT2D eigenvalue weighted by molar-refractivity contribution is 6.25. The third-order valence-corrected chi connectivity index (χ3v) is 1.69. The van der Waals surface area contributed by atoms with E-state index in [0.29, 0.717) is 0 Å². The molecule has 1 rings (SSSR count). The fraction of sp³-hybridized carbons (Fsp3) is 0.200. The Balaban J connectivity index is 3.00. The number of Topliss-reactive ketones (excluding diaryl/α,β-unsaturated/α-hetero) is 1. The number of nitrogens with zero attached hydrogens (tertiary/aromatic N) is 1. The molecule has 0 aromatic heterocycles. The van der Waals surface area contributed by atoms with Crippen LogP contribution in [0.5, 0.6) is 0 Å². The molecule has 0 amide bonds. The Labute approximate surface area is 69.9 Å². The summed E-state index contributed by atoms with van der Waals surface area (Å²) in [7, 11) is 1.64. The molecule has 1 aliphatic heterocycles. The number of carbonyl (C=O) groups excluding carboxylic acids is 1. The average Bonchev–Trinajstić information content (AvgIpc) is 2.26. The van der Waals surface area contributed by atoms with Crippen LogP contribution in [0.2, 0.25) is 0 Å². The molecular weight excluding hydrogens is 159 g/mol. The zero-order valence-corrected chi connectivity index (χ0v) is 6.59. The molecule has 1 aliphatic rings. The molecule has 0 unspecified atom stereocenters. The molecule has 6 nitrogen and oxygen atoms in total. The molecular formula is C5H9BN4O2. The first-order chi connectivity index (χ1) is 5.57. The standard InChI is InChI=1S/C5H9BN4O2/c6-10-1-2(11)3(5(10)8)4(7)9-12/h12H,1,6,8H2,(H2,7,9). The maximum atomic E-state index is 11.1. The van der Waals surface area contributed by atoms with Crippen LogP contribution in [-0.2, 0) is 4.79 Å². The van der Waals surface area contributed by atoms with Crippen LogP contribution in [0.25, 0.3) is 0 Å². The summed E-state index contributed by atoms with van der Waals surface area (Å²) in [6.45, 7) is 0.158. The van der Waals surface area contributed by atoms with Crippen LogP contribution in [0.15, 0.2) is 11.4 Å². The van der Waals surface area contributed by atoms with E-state index >= 15 is 0 Å². The highest BCUT2D eigenvalue weighted by Gasteiger charge is 2.27. The van der Waals surface area contributed by atoms with Crippen molar-refractivity contribution in [1.82, 2.24) is 10.3 Å². The Morgan fingerprint density at radius 1 is 1.83 bits per heavy atom. The monoisotopic (exact) mass is 168 g/mol. The van der Waals surface area contributed by atoms with Gasteiger partial charge in [0.05, 0.1) is 6.54 Å². The van der Waals surface area contributed by atoms with Crippen LogP contribution in [0.4, 0.5) is 0 Å². The first kappa shape index (κ1) is 8.60. The second-order valence-corrected chi connectivity index (χ2v) is 2.53. The van der Waals surface area contributed by atoms with Crippen LogP contribution >= 0.6 is 0 Å². The summed E-state index contributed by atoms with van der Waals surface area (Å²) >= 11 is 0. The van der Waals surface area contributed by atoms with Crippen LogP contribution in [-0.4, -0.2) is 36.2 Å². The fourth-order valence-electron chi connectivity index (χ4n) is 1.04. The third kappa shape index (κ3) is 1.14. The summed E-state index contributed by atoms with van der Waals surface area (Å²) in [5, 5.41) is 15.5. The van der Waals surface area contributed by atoms with Gasteiger partial charge >= 0.3 is 0 Å². The normalized spacial score (nSPS) is 17.1. The lowest BCUT2D eigenvalue weighted by molar-refractivity contribution is -0.114. The number of hydrogen-bond acceptors (Lipinski definition) is 5. The Bertz CT molecular complexity index is 275. The molecule has 0 bridgehead atoms. The molecule has 64 valence electrons. The van der Waals surface area contributed by atoms with Gasteiger partial charge in [-0.15, -0.1) is 0 Å². The van der Waals surface area contributed by atoms with Gasteiger partial charge in [-0.2, -0.15) is 0 Å². The van der Waals surface area contributed by atoms with Gasteiger partial charge in [-0.1, -0.05) is 0 Å². The summed E-state index contributed by atoms with van der Waals surface area (Å²) in [6.07, 6.45) is 0. The molecule has 1 heterocycles. The van der Waals surface area contributed by atoms with Crippen molar-refractivity contribution in [3.05, 3.63) is 11.4 Å². The first-order valence-electron chi connectivity index (χ1n) is 3.31. The van der Waals surface area contributed by atoms with E-state index in [-0.39, 0.29) is 29.6 Å². The lowest BCUT2D eigenvalue weighted by Crippen LogP contribution is -2.25. The summed E-state index contributed by atoms with van der Waals surface area (Å²) in [4.78, 5) is 12.6. The van der Waals surface area contributed by atoms with Crippen LogP contribution in [0.1, 0.15) is 0 Å². The van der Waals surface area contributed by atoms with E-state index in [9.17, 15) is 4.79 Å². The lowest BCUT2D eigenvalue weighted by atomic mass is 10.2. The largest absolute Gasteiger partial charge is 0.402 e. The highest BCUT2D eigenvalue weighted by atomic mass is 16.5. The van der Waals surface area contributed by atoms with Gasteiger partial charge in [0.1, 0.15) is 11.4 Å². The molecule has 0 atom stereocenters. The highest BCUT2D eigenvalue weighted by Crippen LogP contribution is 2.12. The Hall–Kier alpha value is -1.50. The van der Waals surface area contributed by atoms with E-state index in [2.05, 4.69) is 0 Å². The van der Waals surface area contributed by atoms with Gasteiger partial charge in [-0.05, 0) is 0 Å². The van der Waals surface area contributed by atoms with Crippen molar-refractivity contribution in [2.75, 3.05) is 6.54 Å². The number of nitrogens with two attached hydrogens (primary N) is 1. The fourth-order valence-corrected chi connectivity index (χ4v) is 1.04. The number of rotatable bonds is 1. The van der Waals surface area contributed by atoms with E-state index in [1.807, 2.05) is 0 Å². The molecule has 12 heavy (non-hydrogen) atoms. The van der Waals surface area contributed by atoms with Crippen molar-refractivity contribution in [3.8, 4) is 0 Å². The van der Waals surface area contributed by atoms with E-state index in [1.165, 1.54) is 4.81 Å². The Morgan fingerprint density at radius 2 is 2.42 bits per heavy atom. The zero-order valence-electron chi connectivity index (χ0n) is 6.59. The van der Waals surface area contributed by atoms with E-state index in [4.69, 9.17) is 16.4 Å². The van der Waals surface area contributed by atoms with Gasteiger partial charge in [0.15, 0.2) is 11.6 Å². The smallest absolute Gasteiger partial charge is 0.219 e. The molecule has 5 N–H and O–H groups in total. The van der Waals surface area contributed by atoms with Crippen molar-refractivity contribution in [3.63, 3.8) is 0 Å². The number of hydroxylamine groups is 1. The molecule has 0 saturated carbocycles. The summed E-state index contributed by atoms with van der Waals surface area (Å²) in [6, 6.07) is 0. The number of amidine groups is 1. The Morgan fingerprint density at radius 3 is 2.75 bits per heavy atom. The predicted molar refractivity (Wildman–Crippen MR) is 44.1 cm³/mol. The summed E-state index contributed by atoms with van der Waals surface area (Å²) in [5.41, 5.74) is 7.11. The predicted octanol–water partition coefficient (Wildman–Crippen LogP) is -2.45. The average molecular weight is 168 g/mol. The van der Waals surface area contributed by atoms with Crippen molar-refractivity contribution in [1.29, 1.82) is 5.41 Å². The number of nitrogens with one attached hydrogen (secondary N) is 2. The zero-order chi connectivity index (χ0) is 9.30. The topological polar surface area (TPSA) is 102 Å². The van der Waals surface area contributed by atoms with Crippen LogP contribution in [0, 0.1) is 5.41 Å². The van der Waals surface area contributed by atoms with Crippen molar-refractivity contribution < 1.29 is 10.0 Å². The minimum atomic E-state index is -0.359. The van der Waals surface area contributed by atoms with Gasteiger partial charge < -0.3 is 10.5 Å². The molecule has 0 aliphatic carbocycles. The van der Waals surface area contributed by atoms with E-state index in [1.54, 1.807) is 13.5 Å². The van der Waals surface area contributed by atoms with Gasteiger partial charge in [0.25, 0.3) is 0 Å².